The highest BCUT2D eigenvalue weighted by molar-refractivity contribution is 7.22. The van der Waals surface area contributed by atoms with Crippen LogP contribution in [0.15, 0.2) is 182 Å². The van der Waals surface area contributed by atoms with Gasteiger partial charge in [0, 0.05) is 23.0 Å². The molecule has 4 heterocycles. The summed E-state index contributed by atoms with van der Waals surface area (Å²) in [5.41, 5.74) is 10.7. The topological polar surface area (TPSA) is 25.8 Å². The first kappa shape index (κ1) is 28.8. The fourth-order valence-electron chi connectivity index (χ4n) is 9.70. The second-order valence-electron chi connectivity index (χ2n) is 14.0. The Morgan fingerprint density at radius 1 is 0.333 bits per heavy atom. The van der Waals surface area contributed by atoms with Gasteiger partial charge in [-0.15, -0.1) is 0 Å². The zero-order valence-corrected chi connectivity index (χ0v) is 29.9. The average molecular weight is 681 g/mol. The average Bonchev–Trinajstić information content (AvgIpc) is 3.83. The Kier molecular flexibility index (Phi) is 6.10. The number of hydrogen-bond donors (Lipinski definition) is 0. The van der Waals surface area contributed by atoms with Gasteiger partial charge in [-0.05, 0) is 94.2 Å². The third-order valence-electron chi connectivity index (χ3n) is 11.7. The Balaban J connectivity index is 1.17. The first-order valence-corrected chi connectivity index (χ1v) is 21.8. The lowest BCUT2D eigenvalue weighted by molar-refractivity contribution is 1.27. The lowest BCUT2D eigenvalue weighted by atomic mass is 10.1. The summed E-state index contributed by atoms with van der Waals surface area (Å²) in [5.74, 6) is 0. The zero-order valence-electron chi connectivity index (χ0n) is 27.9. The minimum absolute atomic E-state index is 0.946. The molecule has 0 N–H and O–H groups in total. The van der Waals surface area contributed by atoms with Crippen molar-refractivity contribution < 1.29 is 0 Å². The van der Waals surface area contributed by atoms with Crippen LogP contribution < -0.4 is 41.8 Å². The van der Waals surface area contributed by atoms with Crippen molar-refractivity contribution in [1.82, 2.24) is 9.97 Å². The van der Waals surface area contributed by atoms with E-state index in [1.165, 1.54) is 86.3 Å². The van der Waals surface area contributed by atoms with E-state index in [0.29, 0.717) is 0 Å². The molecule has 2 aliphatic heterocycles. The van der Waals surface area contributed by atoms with Gasteiger partial charge in [-0.1, -0.05) is 158 Å². The first-order chi connectivity index (χ1) is 25.3. The molecule has 0 saturated carbocycles. The van der Waals surface area contributed by atoms with Crippen molar-refractivity contribution in [2.75, 3.05) is 0 Å². The highest BCUT2D eigenvalue weighted by Crippen LogP contribution is 2.38. The van der Waals surface area contributed by atoms with Crippen LogP contribution in [0.25, 0.3) is 33.4 Å². The fraction of sp³-hybridized carbons (Fsp3) is 0.0213. The molecule has 0 amide bonds. The number of nitrogens with zero attached hydrogens (tertiary/aromatic N) is 2. The molecule has 238 valence electrons. The lowest BCUT2D eigenvalue weighted by Gasteiger charge is -2.31. The summed E-state index contributed by atoms with van der Waals surface area (Å²) < 4.78 is 0. The molecule has 3 aliphatic rings. The number of pyridine rings is 2. The monoisotopic (exact) mass is 680 g/mol. The standard InChI is InChI=1S/C47H32N2Si2/c1-3-13-34(14-4-1)50(44-21-9-7-17-38(44)40-19-11-27-48-46(40)50)36-25-23-32-29-33-24-26-37(31-43(33)42(32)30-36)51(35-15-5-2-6-16-35)45-22-10-8-18-39(45)41-20-12-28-49-47(41)51/h1-28,30-31H,29H2. The quantitative estimate of drug-likeness (QED) is 0.251. The molecule has 11 rings (SSSR count). The summed E-state index contributed by atoms with van der Waals surface area (Å²) >= 11 is 0. The molecule has 4 heteroatoms. The van der Waals surface area contributed by atoms with Gasteiger partial charge in [0.1, 0.15) is 0 Å². The Morgan fingerprint density at radius 3 is 1.22 bits per heavy atom. The van der Waals surface area contributed by atoms with Crippen LogP contribution in [0.4, 0.5) is 0 Å². The summed E-state index contributed by atoms with van der Waals surface area (Å²) in [7, 11) is -5.41. The predicted molar refractivity (Wildman–Crippen MR) is 215 cm³/mol. The molecule has 51 heavy (non-hydrogen) atoms. The van der Waals surface area contributed by atoms with Crippen molar-refractivity contribution >= 4 is 57.9 Å². The molecule has 2 atom stereocenters. The van der Waals surface area contributed by atoms with E-state index in [4.69, 9.17) is 9.97 Å². The minimum atomic E-state index is -2.70. The van der Waals surface area contributed by atoms with Crippen molar-refractivity contribution in [3.63, 3.8) is 0 Å². The highest BCUT2D eigenvalue weighted by Gasteiger charge is 2.52. The zero-order chi connectivity index (χ0) is 33.6. The van der Waals surface area contributed by atoms with Crippen LogP contribution in [-0.2, 0) is 6.42 Å². The van der Waals surface area contributed by atoms with E-state index in [1.54, 1.807) is 0 Å². The van der Waals surface area contributed by atoms with Crippen molar-refractivity contribution in [2.24, 2.45) is 0 Å². The summed E-state index contributed by atoms with van der Waals surface area (Å²) in [5, 5.41) is 10.9. The molecule has 0 radical (unpaired) electrons. The molecule has 2 nitrogen and oxygen atoms in total. The summed E-state index contributed by atoms with van der Waals surface area (Å²) in [6.07, 6.45) is 4.93. The van der Waals surface area contributed by atoms with Crippen LogP contribution >= 0.6 is 0 Å². The SMILES string of the molecule is c1ccc([Si]2(c3ccc4c(c3)-c3cc([Si]5(c6ccccc6)c6ccccc6-c6cccnc65)ccc3C4)c3ccccc3-c3cccnc32)cc1. The smallest absolute Gasteiger partial charge is 0.203 e. The van der Waals surface area contributed by atoms with E-state index < -0.39 is 16.1 Å². The van der Waals surface area contributed by atoms with E-state index >= 15 is 0 Å². The second-order valence-corrected chi connectivity index (χ2v) is 21.4. The summed E-state index contributed by atoms with van der Waals surface area (Å²) in [6.45, 7) is 0. The third-order valence-corrected chi connectivity index (χ3v) is 21.2. The molecule has 0 bridgehead atoms. The molecule has 0 saturated heterocycles. The van der Waals surface area contributed by atoms with Gasteiger partial charge in [0.25, 0.3) is 0 Å². The maximum atomic E-state index is 5.23. The fourth-order valence-corrected chi connectivity index (χ4v) is 19.7. The van der Waals surface area contributed by atoms with Gasteiger partial charge >= 0.3 is 0 Å². The van der Waals surface area contributed by atoms with Crippen LogP contribution in [-0.4, -0.2) is 26.1 Å². The van der Waals surface area contributed by atoms with Crippen LogP contribution in [0.2, 0.25) is 0 Å². The van der Waals surface area contributed by atoms with Crippen molar-refractivity contribution in [3.05, 3.63) is 193 Å². The lowest BCUT2D eigenvalue weighted by Crippen LogP contribution is -2.73. The normalized spacial score (nSPS) is 18.7. The van der Waals surface area contributed by atoms with E-state index in [-0.39, 0.29) is 0 Å². The third kappa shape index (κ3) is 3.75. The van der Waals surface area contributed by atoms with Crippen molar-refractivity contribution in [2.45, 2.75) is 6.42 Å². The molecule has 2 aromatic heterocycles. The number of fused-ring (bicyclic) bond motifs is 9. The van der Waals surface area contributed by atoms with Gasteiger partial charge in [-0.2, -0.15) is 0 Å². The molecular formula is C47H32N2Si2. The van der Waals surface area contributed by atoms with Crippen molar-refractivity contribution in [1.29, 1.82) is 0 Å². The Morgan fingerprint density at radius 2 is 0.745 bits per heavy atom. The van der Waals surface area contributed by atoms with E-state index in [1.807, 2.05) is 12.4 Å². The van der Waals surface area contributed by atoms with E-state index in [2.05, 4.69) is 170 Å². The summed E-state index contributed by atoms with van der Waals surface area (Å²) in [6, 6.07) is 64.0. The minimum Gasteiger partial charge on any atom is -0.264 e. The van der Waals surface area contributed by atoms with Gasteiger partial charge < -0.3 is 0 Å². The largest absolute Gasteiger partial charge is 0.264 e. The number of hydrogen-bond acceptors (Lipinski definition) is 2. The molecule has 2 unspecified atom stereocenters. The predicted octanol–water partition coefficient (Wildman–Crippen LogP) is 4.76. The van der Waals surface area contributed by atoms with Gasteiger partial charge in [0.2, 0.25) is 16.1 Å². The van der Waals surface area contributed by atoms with Crippen LogP contribution in [0, 0.1) is 0 Å². The Bertz CT molecular complexity index is 2410. The summed E-state index contributed by atoms with van der Waals surface area (Å²) in [4.78, 5) is 10.5. The number of aromatic nitrogens is 2. The molecule has 1 aliphatic carbocycles. The van der Waals surface area contributed by atoms with Crippen LogP contribution in [0.1, 0.15) is 11.1 Å². The van der Waals surface area contributed by atoms with Gasteiger partial charge in [-0.3, -0.25) is 9.97 Å². The van der Waals surface area contributed by atoms with Gasteiger partial charge in [0.15, 0.2) is 0 Å². The molecule has 0 spiro atoms. The Labute approximate surface area is 299 Å². The van der Waals surface area contributed by atoms with Crippen LogP contribution in [0.5, 0.6) is 0 Å². The number of rotatable bonds is 4. The van der Waals surface area contributed by atoms with E-state index in [9.17, 15) is 0 Å². The highest BCUT2D eigenvalue weighted by atomic mass is 28.3. The van der Waals surface area contributed by atoms with Crippen molar-refractivity contribution in [3.8, 4) is 33.4 Å². The van der Waals surface area contributed by atoms with Crippen LogP contribution in [0.3, 0.4) is 0 Å². The maximum absolute atomic E-state index is 5.23. The first-order valence-electron chi connectivity index (χ1n) is 17.8. The molecular weight excluding hydrogens is 649 g/mol. The van der Waals surface area contributed by atoms with E-state index in [0.717, 1.165) is 6.42 Å². The Hall–Kier alpha value is -5.95. The number of benzene rings is 6. The van der Waals surface area contributed by atoms with Gasteiger partial charge in [-0.25, -0.2) is 0 Å². The maximum Gasteiger partial charge on any atom is 0.203 e. The molecule has 6 aromatic carbocycles. The second kappa shape index (κ2) is 10.8. The van der Waals surface area contributed by atoms with Gasteiger partial charge in [0.05, 0.1) is 0 Å². The molecule has 8 aromatic rings. The molecule has 0 fully saturated rings.